The fraction of sp³-hybridized carbons (Fsp3) is 0.613. The zero-order chi connectivity index (χ0) is 27.3. The normalized spacial score (nSPS) is 25.4. The molecule has 1 aromatic carbocycles. The van der Waals surface area contributed by atoms with Gasteiger partial charge in [0.1, 0.15) is 5.82 Å². The third-order valence-corrected chi connectivity index (χ3v) is 9.79. The molecule has 0 radical (unpaired) electrons. The molecule has 2 heterocycles. The lowest BCUT2D eigenvalue weighted by Crippen LogP contribution is -2.44. The Bertz CT molecular complexity index is 1050. The lowest BCUT2D eigenvalue weighted by atomic mass is 9.58. The molecule has 0 spiro atoms. The van der Waals surface area contributed by atoms with Crippen LogP contribution in [0.15, 0.2) is 46.7 Å². The van der Waals surface area contributed by atoms with Crippen LogP contribution in [0.2, 0.25) is 0 Å². The fourth-order valence-electron chi connectivity index (χ4n) is 6.53. The minimum absolute atomic E-state index is 0.0188. The van der Waals surface area contributed by atoms with E-state index in [0.29, 0.717) is 18.2 Å². The van der Waals surface area contributed by atoms with Gasteiger partial charge in [-0.3, -0.25) is 9.69 Å². The summed E-state index contributed by atoms with van der Waals surface area (Å²) in [6.07, 6.45) is 8.19. The Morgan fingerprint density at radius 1 is 1.26 bits per heavy atom. The molecular weight excluding hydrogens is 476 g/mol. The molecule has 7 nitrogen and oxygen atoms in total. The van der Waals surface area contributed by atoms with Crippen molar-refractivity contribution in [3.8, 4) is 0 Å². The fourth-order valence-corrected chi connectivity index (χ4v) is 6.53. The summed E-state index contributed by atoms with van der Waals surface area (Å²) < 4.78 is 5.59. The van der Waals surface area contributed by atoms with Crippen molar-refractivity contribution in [2.75, 3.05) is 39.5 Å². The SMILES string of the molecule is C=N/C(N)=C(\C=C(/C)c1ccc([C@@]23CC[C@@H]2CN(C2CCOCC2)C3)cc1)C(=O)NCC(CC)(CC)CO. The van der Waals surface area contributed by atoms with Crippen LogP contribution < -0.4 is 11.1 Å². The Morgan fingerprint density at radius 2 is 1.95 bits per heavy atom. The lowest BCUT2D eigenvalue weighted by Gasteiger charge is -2.45. The largest absolute Gasteiger partial charge is 0.396 e. The maximum absolute atomic E-state index is 13.1. The molecule has 1 aromatic rings. The van der Waals surface area contributed by atoms with Gasteiger partial charge in [0.05, 0.1) is 12.2 Å². The van der Waals surface area contributed by atoms with Crippen LogP contribution in [0.3, 0.4) is 0 Å². The highest BCUT2D eigenvalue weighted by Gasteiger charge is 2.54. The van der Waals surface area contributed by atoms with Crippen molar-refractivity contribution in [1.29, 1.82) is 0 Å². The Labute approximate surface area is 228 Å². The van der Waals surface area contributed by atoms with Crippen molar-refractivity contribution in [2.24, 2.45) is 22.1 Å². The smallest absolute Gasteiger partial charge is 0.255 e. The van der Waals surface area contributed by atoms with Gasteiger partial charge in [-0.25, -0.2) is 4.99 Å². The summed E-state index contributed by atoms with van der Waals surface area (Å²) in [6, 6.07) is 9.56. The molecule has 3 aliphatic rings. The first-order chi connectivity index (χ1) is 18.3. The van der Waals surface area contributed by atoms with E-state index in [9.17, 15) is 9.90 Å². The first kappa shape index (κ1) is 28.5. The van der Waals surface area contributed by atoms with Gasteiger partial charge in [-0.15, -0.1) is 0 Å². The molecule has 208 valence electrons. The Balaban J connectivity index is 1.48. The molecule has 38 heavy (non-hydrogen) atoms. The summed E-state index contributed by atoms with van der Waals surface area (Å²) in [5.74, 6) is 0.527. The van der Waals surface area contributed by atoms with Crippen molar-refractivity contribution in [3.63, 3.8) is 0 Å². The van der Waals surface area contributed by atoms with Gasteiger partial charge in [0.2, 0.25) is 0 Å². The molecule has 0 unspecified atom stereocenters. The summed E-state index contributed by atoms with van der Waals surface area (Å²) in [7, 11) is 0. The molecule has 0 bridgehead atoms. The molecule has 1 aliphatic carbocycles. The highest BCUT2D eigenvalue weighted by Crippen LogP contribution is 2.54. The number of aliphatic hydroxyl groups is 1. The maximum Gasteiger partial charge on any atom is 0.255 e. The second-order valence-corrected chi connectivity index (χ2v) is 11.6. The first-order valence-corrected chi connectivity index (χ1v) is 14.3. The summed E-state index contributed by atoms with van der Waals surface area (Å²) in [5, 5.41) is 12.8. The van der Waals surface area contributed by atoms with Gasteiger partial charge in [0.15, 0.2) is 0 Å². The van der Waals surface area contributed by atoms with Crippen LogP contribution in [-0.2, 0) is 14.9 Å². The summed E-state index contributed by atoms with van der Waals surface area (Å²) >= 11 is 0. The number of rotatable bonds is 11. The van der Waals surface area contributed by atoms with E-state index in [0.717, 1.165) is 62.5 Å². The summed E-state index contributed by atoms with van der Waals surface area (Å²) in [6.45, 7) is 14.1. The molecule has 1 saturated carbocycles. The van der Waals surface area contributed by atoms with Gasteiger partial charge >= 0.3 is 0 Å². The standard InChI is InChI=1S/C31H46N4O3/c1-5-30(6-2,21-36)19-34-29(37)27(28(32)33-4)17-22(3)23-7-9-24(10-8-23)31-14-11-25(31)18-35(20-31)26-12-15-38-16-13-26/h7-10,17,25-26,36H,4-6,11-16,18-21,32H2,1-3H3,(H,34,37)/b22-17+,28-27+/t25-,31+/m1/s1. The van der Waals surface area contributed by atoms with E-state index in [2.05, 4.69) is 46.2 Å². The summed E-state index contributed by atoms with van der Waals surface area (Å²) in [5.41, 5.74) is 9.73. The van der Waals surface area contributed by atoms with Crippen LogP contribution in [-0.4, -0.2) is 68.1 Å². The number of nitrogens with one attached hydrogen (secondary N) is 1. The molecule has 4 rings (SSSR count). The third-order valence-electron chi connectivity index (χ3n) is 9.79. The van der Waals surface area contributed by atoms with E-state index in [1.807, 2.05) is 20.8 Å². The third kappa shape index (κ3) is 5.61. The van der Waals surface area contributed by atoms with E-state index < -0.39 is 0 Å². The number of nitrogens with two attached hydrogens (primary N) is 1. The van der Waals surface area contributed by atoms with E-state index in [1.165, 1.54) is 24.9 Å². The molecule has 3 fully saturated rings. The number of nitrogens with zero attached hydrogens (tertiary/aromatic N) is 2. The molecule has 1 amide bonds. The van der Waals surface area contributed by atoms with Crippen molar-refractivity contribution in [3.05, 3.63) is 52.9 Å². The van der Waals surface area contributed by atoms with Gasteiger partial charge in [-0.2, -0.15) is 0 Å². The second-order valence-electron chi connectivity index (χ2n) is 11.6. The first-order valence-electron chi connectivity index (χ1n) is 14.3. The lowest BCUT2D eigenvalue weighted by molar-refractivity contribution is -0.117. The minimum atomic E-state index is -0.342. The van der Waals surface area contributed by atoms with Gasteiger partial charge in [-0.1, -0.05) is 38.1 Å². The summed E-state index contributed by atoms with van der Waals surface area (Å²) in [4.78, 5) is 19.7. The van der Waals surface area contributed by atoms with Crippen LogP contribution in [0.5, 0.6) is 0 Å². The molecule has 4 N–H and O–H groups in total. The van der Waals surface area contributed by atoms with E-state index in [-0.39, 0.29) is 29.2 Å². The van der Waals surface area contributed by atoms with E-state index in [1.54, 1.807) is 6.08 Å². The van der Waals surface area contributed by atoms with Crippen LogP contribution in [0.4, 0.5) is 0 Å². The van der Waals surface area contributed by atoms with Gasteiger partial charge < -0.3 is 20.9 Å². The van der Waals surface area contributed by atoms with Crippen molar-refractivity contribution in [1.82, 2.24) is 10.2 Å². The topological polar surface area (TPSA) is 100 Å². The van der Waals surface area contributed by atoms with Crippen LogP contribution in [0.1, 0.15) is 70.4 Å². The number of carbonyl (C=O) groups excluding carboxylic acids is 1. The number of fused-ring (bicyclic) bond motifs is 1. The Morgan fingerprint density at radius 3 is 2.50 bits per heavy atom. The Kier molecular flexibility index (Phi) is 9.11. The minimum Gasteiger partial charge on any atom is -0.396 e. The number of hydrogen-bond donors (Lipinski definition) is 3. The number of aliphatic imine (C=N–C) groups is 1. The van der Waals surface area contributed by atoms with E-state index >= 15 is 0 Å². The van der Waals surface area contributed by atoms with E-state index in [4.69, 9.17) is 10.5 Å². The van der Waals surface area contributed by atoms with Crippen LogP contribution >= 0.6 is 0 Å². The molecule has 2 atom stereocenters. The maximum atomic E-state index is 13.1. The van der Waals surface area contributed by atoms with Crippen molar-refractivity contribution in [2.45, 2.75) is 70.8 Å². The quantitative estimate of drug-likeness (QED) is 0.232. The predicted molar refractivity (Wildman–Crippen MR) is 154 cm³/mol. The number of benzene rings is 1. The van der Waals surface area contributed by atoms with Crippen molar-refractivity contribution >= 4 is 18.2 Å². The number of hydrogen-bond acceptors (Lipinski definition) is 6. The molecule has 0 aromatic heterocycles. The number of aliphatic hydroxyl groups excluding tert-OH is 1. The van der Waals surface area contributed by atoms with Gasteiger partial charge in [-0.05, 0) is 80.9 Å². The number of allylic oxidation sites excluding steroid dienone is 1. The highest BCUT2D eigenvalue weighted by atomic mass is 16.5. The number of ether oxygens (including phenoxy) is 1. The average molecular weight is 523 g/mol. The predicted octanol–water partition coefficient (Wildman–Crippen LogP) is 4.02. The van der Waals surface area contributed by atoms with Crippen LogP contribution in [0, 0.1) is 11.3 Å². The second kappa shape index (κ2) is 12.1. The molecule has 7 heteroatoms. The number of likely N-dealkylation sites (tertiary alicyclic amines) is 1. The molecular formula is C31H46N4O3. The monoisotopic (exact) mass is 522 g/mol. The average Bonchev–Trinajstić information content (AvgIpc) is 3.22. The van der Waals surface area contributed by atoms with Gasteiger partial charge in [0, 0.05) is 49.7 Å². The zero-order valence-corrected chi connectivity index (χ0v) is 23.5. The zero-order valence-electron chi connectivity index (χ0n) is 23.5. The Hall–Kier alpha value is -2.48. The number of carbonyl (C=O) groups is 1. The van der Waals surface area contributed by atoms with Crippen LogP contribution in [0.25, 0.3) is 5.57 Å². The number of amides is 1. The molecule has 2 aliphatic heterocycles. The molecule has 2 saturated heterocycles. The van der Waals surface area contributed by atoms with Crippen molar-refractivity contribution < 1.29 is 14.6 Å². The van der Waals surface area contributed by atoms with Gasteiger partial charge in [0.25, 0.3) is 5.91 Å². The highest BCUT2D eigenvalue weighted by molar-refractivity contribution is 5.98.